The van der Waals surface area contributed by atoms with E-state index in [1.54, 1.807) is 6.92 Å². The van der Waals surface area contributed by atoms with Crippen LogP contribution in [0.25, 0.3) is 0 Å². The van der Waals surface area contributed by atoms with Gasteiger partial charge in [-0.15, -0.1) is 0 Å². The van der Waals surface area contributed by atoms with Crippen LogP contribution in [0.15, 0.2) is 18.2 Å². The van der Waals surface area contributed by atoms with E-state index in [4.69, 9.17) is 0 Å². The SMILES string of the molecule is CCCNC(=O)CNC(C)c1cc(F)ccc1O. The Kier molecular flexibility index (Phi) is 5.58. The molecule has 0 radical (unpaired) electrons. The van der Waals surface area contributed by atoms with Crippen LogP contribution in [0.2, 0.25) is 0 Å². The van der Waals surface area contributed by atoms with Crippen molar-refractivity contribution in [1.82, 2.24) is 10.6 Å². The minimum Gasteiger partial charge on any atom is -0.508 e. The van der Waals surface area contributed by atoms with Crippen LogP contribution in [-0.4, -0.2) is 24.1 Å². The molecule has 1 aromatic carbocycles. The lowest BCUT2D eigenvalue weighted by Gasteiger charge is -2.15. The Bertz CT molecular complexity index is 410. The molecule has 0 spiro atoms. The predicted octanol–water partition coefficient (Wildman–Crippen LogP) is 1.71. The van der Waals surface area contributed by atoms with Gasteiger partial charge in [-0.25, -0.2) is 4.39 Å². The van der Waals surface area contributed by atoms with Crippen molar-refractivity contribution in [1.29, 1.82) is 0 Å². The summed E-state index contributed by atoms with van der Waals surface area (Å²) < 4.78 is 13.1. The lowest BCUT2D eigenvalue weighted by atomic mass is 10.1. The first-order valence-electron chi connectivity index (χ1n) is 6.03. The molecule has 100 valence electrons. The molecular formula is C13H19FN2O2. The highest BCUT2D eigenvalue weighted by molar-refractivity contribution is 5.78. The van der Waals surface area contributed by atoms with Gasteiger partial charge in [-0.1, -0.05) is 6.92 Å². The Morgan fingerprint density at radius 1 is 1.50 bits per heavy atom. The van der Waals surface area contributed by atoms with Gasteiger partial charge in [0.25, 0.3) is 0 Å². The number of aromatic hydroxyl groups is 1. The number of amides is 1. The molecule has 1 amide bonds. The lowest BCUT2D eigenvalue weighted by molar-refractivity contribution is -0.120. The Labute approximate surface area is 106 Å². The van der Waals surface area contributed by atoms with E-state index in [1.165, 1.54) is 18.2 Å². The molecule has 0 saturated heterocycles. The van der Waals surface area contributed by atoms with Gasteiger partial charge in [0, 0.05) is 18.2 Å². The number of carbonyl (C=O) groups excluding carboxylic acids is 1. The van der Waals surface area contributed by atoms with Gasteiger partial charge >= 0.3 is 0 Å². The Hall–Kier alpha value is -1.62. The first kappa shape index (κ1) is 14.4. The first-order valence-corrected chi connectivity index (χ1v) is 6.03. The maximum Gasteiger partial charge on any atom is 0.233 e. The molecule has 5 heteroatoms. The fourth-order valence-corrected chi connectivity index (χ4v) is 1.55. The molecule has 0 bridgehead atoms. The molecule has 1 atom stereocenters. The quantitative estimate of drug-likeness (QED) is 0.724. The number of hydrogen-bond acceptors (Lipinski definition) is 3. The van der Waals surface area contributed by atoms with E-state index in [0.717, 1.165) is 6.42 Å². The third kappa shape index (κ3) is 4.33. The highest BCUT2D eigenvalue weighted by atomic mass is 19.1. The molecule has 0 aliphatic heterocycles. The van der Waals surface area contributed by atoms with E-state index in [2.05, 4.69) is 10.6 Å². The molecule has 0 aromatic heterocycles. The summed E-state index contributed by atoms with van der Waals surface area (Å²) in [5, 5.41) is 15.3. The zero-order valence-corrected chi connectivity index (χ0v) is 10.7. The Balaban J connectivity index is 2.52. The zero-order valence-electron chi connectivity index (χ0n) is 10.7. The van der Waals surface area contributed by atoms with Crippen LogP contribution >= 0.6 is 0 Å². The van der Waals surface area contributed by atoms with Crippen LogP contribution < -0.4 is 10.6 Å². The van der Waals surface area contributed by atoms with Crippen molar-refractivity contribution >= 4 is 5.91 Å². The van der Waals surface area contributed by atoms with Crippen LogP contribution in [0.3, 0.4) is 0 Å². The van der Waals surface area contributed by atoms with Crippen molar-refractivity contribution in [3.05, 3.63) is 29.6 Å². The van der Waals surface area contributed by atoms with E-state index in [9.17, 15) is 14.3 Å². The van der Waals surface area contributed by atoms with Crippen molar-refractivity contribution in [2.24, 2.45) is 0 Å². The molecule has 0 heterocycles. The van der Waals surface area contributed by atoms with Crippen LogP contribution in [0.1, 0.15) is 31.9 Å². The minimum atomic E-state index is -0.410. The normalized spacial score (nSPS) is 12.2. The van der Waals surface area contributed by atoms with Crippen molar-refractivity contribution in [3.8, 4) is 5.75 Å². The average Bonchev–Trinajstić information content (AvgIpc) is 2.36. The van der Waals surface area contributed by atoms with Crippen LogP contribution in [0, 0.1) is 5.82 Å². The molecule has 1 aromatic rings. The summed E-state index contributed by atoms with van der Waals surface area (Å²) in [6.07, 6.45) is 0.881. The van der Waals surface area contributed by atoms with Gasteiger partial charge < -0.3 is 15.7 Å². The molecule has 3 N–H and O–H groups in total. The third-order valence-electron chi connectivity index (χ3n) is 2.60. The third-order valence-corrected chi connectivity index (χ3v) is 2.60. The monoisotopic (exact) mass is 254 g/mol. The van der Waals surface area contributed by atoms with E-state index in [0.29, 0.717) is 12.1 Å². The van der Waals surface area contributed by atoms with Crippen molar-refractivity contribution in [2.45, 2.75) is 26.3 Å². The van der Waals surface area contributed by atoms with Gasteiger partial charge in [0.05, 0.1) is 6.54 Å². The number of carbonyl (C=O) groups is 1. The largest absolute Gasteiger partial charge is 0.508 e. The summed E-state index contributed by atoms with van der Waals surface area (Å²) in [6, 6.07) is 3.46. The maximum atomic E-state index is 13.1. The Morgan fingerprint density at radius 2 is 2.22 bits per heavy atom. The summed E-state index contributed by atoms with van der Waals surface area (Å²) in [6.45, 7) is 4.51. The fraction of sp³-hybridized carbons (Fsp3) is 0.462. The molecule has 0 aliphatic carbocycles. The molecule has 0 fully saturated rings. The number of phenolic OH excluding ortho intramolecular Hbond substituents is 1. The molecule has 0 saturated carbocycles. The van der Waals surface area contributed by atoms with Crippen LogP contribution in [-0.2, 0) is 4.79 Å². The van der Waals surface area contributed by atoms with Gasteiger partial charge in [0.1, 0.15) is 11.6 Å². The van der Waals surface area contributed by atoms with Crippen molar-refractivity contribution in [2.75, 3.05) is 13.1 Å². The summed E-state index contributed by atoms with van der Waals surface area (Å²) in [4.78, 5) is 11.4. The van der Waals surface area contributed by atoms with E-state index in [-0.39, 0.29) is 24.2 Å². The molecule has 4 nitrogen and oxygen atoms in total. The zero-order chi connectivity index (χ0) is 13.5. The molecular weight excluding hydrogens is 235 g/mol. The number of benzene rings is 1. The number of hydrogen-bond donors (Lipinski definition) is 3. The average molecular weight is 254 g/mol. The van der Waals surface area contributed by atoms with E-state index in [1.807, 2.05) is 6.92 Å². The van der Waals surface area contributed by atoms with Gasteiger partial charge in [-0.3, -0.25) is 4.79 Å². The number of phenols is 1. The van der Waals surface area contributed by atoms with Crippen molar-refractivity contribution in [3.63, 3.8) is 0 Å². The second-order valence-electron chi connectivity index (χ2n) is 4.16. The second-order valence-corrected chi connectivity index (χ2v) is 4.16. The standard InChI is InChI=1S/C13H19FN2O2/c1-3-6-15-13(18)8-16-9(2)11-7-10(14)4-5-12(11)17/h4-5,7,9,16-17H,3,6,8H2,1-2H3,(H,15,18). The predicted molar refractivity (Wildman–Crippen MR) is 67.8 cm³/mol. The first-order chi connectivity index (χ1) is 8.54. The molecule has 1 rings (SSSR count). The summed E-state index contributed by atoms with van der Waals surface area (Å²) in [7, 11) is 0. The van der Waals surface area contributed by atoms with Crippen LogP contribution in [0.5, 0.6) is 5.75 Å². The van der Waals surface area contributed by atoms with Crippen molar-refractivity contribution < 1.29 is 14.3 Å². The molecule has 18 heavy (non-hydrogen) atoms. The molecule has 0 aliphatic rings. The highest BCUT2D eigenvalue weighted by Crippen LogP contribution is 2.24. The summed E-state index contributed by atoms with van der Waals surface area (Å²) in [5.74, 6) is -0.503. The highest BCUT2D eigenvalue weighted by Gasteiger charge is 2.12. The topological polar surface area (TPSA) is 61.4 Å². The van der Waals surface area contributed by atoms with Gasteiger partial charge in [0.15, 0.2) is 0 Å². The lowest BCUT2D eigenvalue weighted by Crippen LogP contribution is -2.35. The Morgan fingerprint density at radius 3 is 2.89 bits per heavy atom. The summed E-state index contributed by atoms with van der Waals surface area (Å²) in [5.41, 5.74) is 0.443. The smallest absolute Gasteiger partial charge is 0.233 e. The second kappa shape index (κ2) is 6.96. The van der Waals surface area contributed by atoms with E-state index < -0.39 is 5.82 Å². The fourth-order valence-electron chi connectivity index (χ4n) is 1.55. The van der Waals surface area contributed by atoms with Gasteiger partial charge in [-0.05, 0) is 31.5 Å². The maximum absolute atomic E-state index is 13.1. The van der Waals surface area contributed by atoms with Gasteiger partial charge in [-0.2, -0.15) is 0 Å². The van der Waals surface area contributed by atoms with Crippen LogP contribution in [0.4, 0.5) is 4.39 Å². The minimum absolute atomic E-state index is 0.0189. The number of halogens is 1. The number of nitrogens with one attached hydrogen (secondary N) is 2. The molecule has 1 unspecified atom stereocenters. The summed E-state index contributed by atoms with van der Waals surface area (Å²) >= 11 is 0. The van der Waals surface area contributed by atoms with E-state index >= 15 is 0 Å². The van der Waals surface area contributed by atoms with Gasteiger partial charge in [0.2, 0.25) is 5.91 Å². The number of rotatable bonds is 6.